The Morgan fingerprint density at radius 2 is 2.00 bits per heavy atom. The van der Waals surface area contributed by atoms with Crippen molar-refractivity contribution in [3.8, 4) is 0 Å². The van der Waals surface area contributed by atoms with Crippen LogP contribution in [0, 0.1) is 22.9 Å². The molecule has 0 radical (unpaired) electrons. The average Bonchev–Trinajstić information content (AvgIpc) is 2.92. The predicted octanol–water partition coefficient (Wildman–Crippen LogP) is 2.49. The number of nitro benzene ring substituents is 1. The fourth-order valence-corrected chi connectivity index (χ4v) is 4.18. The lowest BCUT2D eigenvalue weighted by atomic mass is 10.2. The first-order valence-electron chi connectivity index (χ1n) is 6.53. The van der Waals surface area contributed by atoms with Crippen LogP contribution >= 0.6 is 11.3 Å². The normalized spacial score (nSPS) is 11.4. The number of anilines is 1. The molecule has 0 fully saturated rings. The van der Waals surface area contributed by atoms with Crippen molar-refractivity contribution in [2.24, 2.45) is 0 Å². The molecule has 2 rings (SSSR count). The highest BCUT2D eigenvalue weighted by Crippen LogP contribution is 2.24. The Labute approximate surface area is 136 Å². The molecule has 0 bridgehead atoms. The van der Waals surface area contributed by atoms with Crippen LogP contribution in [0.5, 0.6) is 0 Å². The van der Waals surface area contributed by atoms with Crippen LogP contribution in [0.15, 0.2) is 34.5 Å². The molecule has 2 N–H and O–H groups in total. The van der Waals surface area contributed by atoms with Gasteiger partial charge in [-0.05, 0) is 31.2 Å². The summed E-state index contributed by atoms with van der Waals surface area (Å²) in [4.78, 5) is 11.0. The first-order chi connectivity index (χ1) is 10.8. The molecule has 0 aliphatic heterocycles. The van der Waals surface area contributed by atoms with Crippen LogP contribution in [0.2, 0.25) is 0 Å². The Bertz CT molecular complexity index is 820. The zero-order chi connectivity index (χ0) is 17.0. The smallest absolute Gasteiger partial charge is 0.295 e. The molecule has 23 heavy (non-hydrogen) atoms. The summed E-state index contributed by atoms with van der Waals surface area (Å²) in [6.45, 7) is 1.96. The standard InChI is InChI=1S/C13H14FN3O4S2/c1-9-2-5-13(22-9)23(20,21)16-7-6-15-11-4-3-10(14)8-12(11)17(18)19/h2-5,8,15-16H,6-7H2,1H3. The summed E-state index contributed by atoms with van der Waals surface area (Å²) in [5.41, 5.74) is -0.274. The molecular weight excluding hydrogens is 345 g/mol. The van der Waals surface area contributed by atoms with E-state index in [9.17, 15) is 22.9 Å². The molecule has 1 aromatic carbocycles. The van der Waals surface area contributed by atoms with Gasteiger partial charge in [-0.25, -0.2) is 17.5 Å². The van der Waals surface area contributed by atoms with Crippen LogP contribution < -0.4 is 10.0 Å². The summed E-state index contributed by atoms with van der Waals surface area (Å²) in [5, 5.41) is 13.6. The van der Waals surface area contributed by atoms with Crippen molar-refractivity contribution in [1.29, 1.82) is 0 Å². The Balaban J connectivity index is 1.95. The summed E-state index contributed by atoms with van der Waals surface area (Å²) >= 11 is 1.16. The van der Waals surface area contributed by atoms with Gasteiger partial charge in [-0.3, -0.25) is 10.1 Å². The number of thiophene rings is 1. The van der Waals surface area contributed by atoms with Crippen LogP contribution in [0.1, 0.15) is 4.88 Å². The van der Waals surface area contributed by atoms with E-state index in [1.807, 2.05) is 0 Å². The molecule has 2 aromatic rings. The number of hydrogen-bond donors (Lipinski definition) is 2. The number of aryl methyl sites for hydroxylation is 1. The molecule has 1 aromatic heterocycles. The third-order valence-corrected chi connectivity index (χ3v) is 5.82. The predicted molar refractivity (Wildman–Crippen MR) is 85.8 cm³/mol. The van der Waals surface area contributed by atoms with E-state index in [-0.39, 0.29) is 23.0 Å². The zero-order valence-electron chi connectivity index (χ0n) is 12.1. The number of benzene rings is 1. The average molecular weight is 359 g/mol. The zero-order valence-corrected chi connectivity index (χ0v) is 13.7. The van der Waals surface area contributed by atoms with Crippen molar-refractivity contribution in [3.05, 3.63) is 51.1 Å². The van der Waals surface area contributed by atoms with E-state index in [4.69, 9.17) is 0 Å². The monoisotopic (exact) mass is 359 g/mol. The summed E-state index contributed by atoms with van der Waals surface area (Å²) in [6, 6.07) is 6.36. The first kappa shape index (κ1) is 17.3. The lowest BCUT2D eigenvalue weighted by Gasteiger charge is -2.08. The summed E-state index contributed by atoms with van der Waals surface area (Å²) in [6.07, 6.45) is 0. The molecule has 1 heterocycles. The molecule has 0 spiro atoms. The topological polar surface area (TPSA) is 101 Å². The third-order valence-electron chi connectivity index (χ3n) is 2.87. The van der Waals surface area contributed by atoms with Gasteiger partial charge in [0.15, 0.2) is 0 Å². The van der Waals surface area contributed by atoms with Crippen LogP contribution in [-0.2, 0) is 10.0 Å². The van der Waals surface area contributed by atoms with E-state index in [1.54, 1.807) is 13.0 Å². The first-order valence-corrected chi connectivity index (χ1v) is 8.83. The number of halogens is 1. The fraction of sp³-hybridized carbons (Fsp3) is 0.231. The SMILES string of the molecule is Cc1ccc(S(=O)(=O)NCCNc2ccc(F)cc2[N+](=O)[O-])s1. The number of rotatable bonds is 7. The molecule has 0 amide bonds. The van der Waals surface area contributed by atoms with Crippen LogP contribution in [-0.4, -0.2) is 26.4 Å². The Kier molecular flexibility index (Phi) is 5.29. The molecule has 7 nitrogen and oxygen atoms in total. The van der Waals surface area contributed by atoms with Gasteiger partial charge in [0, 0.05) is 18.0 Å². The van der Waals surface area contributed by atoms with Crippen molar-refractivity contribution in [1.82, 2.24) is 4.72 Å². The Hall–Kier alpha value is -2.04. The van der Waals surface area contributed by atoms with Crippen molar-refractivity contribution in [2.75, 3.05) is 18.4 Å². The van der Waals surface area contributed by atoms with Gasteiger partial charge in [-0.1, -0.05) is 0 Å². The Morgan fingerprint density at radius 3 is 2.61 bits per heavy atom. The summed E-state index contributed by atoms with van der Waals surface area (Å²) in [7, 11) is -3.59. The third kappa shape index (κ3) is 4.47. The van der Waals surface area contributed by atoms with Crippen molar-refractivity contribution in [3.63, 3.8) is 0 Å². The molecule has 0 saturated heterocycles. The van der Waals surface area contributed by atoms with Gasteiger partial charge >= 0.3 is 0 Å². The van der Waals surface area contributed by atoms with Gasteiger partial charge in [-0.2, -0.15) is 0 Å². The van der Waals surface area contributed by atoms with E-state index < -0.39 is 26.5 Å². The van der Waals surface area contributed by atoms with Gasteiger partial charge in [0.1, 0.15) is 15.7 Å². The van der Waals surface area contributed by atoms with Gasteiger partial charge in [-0.15, -0.1) is 11.3 Å². The number of nitrogens with zero attached hydrogens (tertiary/aromatic N) is 1. The minimum atomic E-state index is -3.59. The molecule has 0 unspecified atom stereocenters. The summed E-state index contributed by atoms with van der Waals surface area (Å²) in [5.74, 6) is -0.712. The minimum Gasteiger partial charge on any atom is -0.378 e. The van der Waals surface area contributed by atoms with Crippen LogP contribution in [0.3, 0.4) is 0 Å². The second-order valence-electron chi connectivity index (χ2n) is 4.61. The number of hydrogen-bond acceptors (Lipinski definition) is 6. The number of nitrogens with one attached hydrogen (secondary N) is 2. The van der Waals surface area contributed by atoms with Gasteiger partial charge in [0.05, 0.1) is 11.0 Å². The summed E-state index contributed by atoms with van der Waals surface area (Å²) < 4.78 is 39.6. The van der Waals surface area contributed by atoms with Gasteiger partial charge in [0.2, 0.25) is 10.0 Å². The van der Waals surface area contributed by atoms with E-state index in [0.29, 0.717) is 0 Å². The van der Waals surface area contributed by atoms with E-state index in [2.05, 4.69) is 10.0 Å². The molecule has 124 valence electrons. The lowest BCUT2D eigenvalue weighted by molar-refractivity contribution is -0.384. The molecule has 0 atom stereocenters. The second-order valence-corrected chi connectivity index (χ2v) is 7.89. The lowest BCUT2D eigenvalue weighted by Crippen LogP contribution is -2.28. The fourth-order valence-electron chi connectivity index (χ4n) is 1.82. The van der Waals surface area contributed by atoms with Crippen molar-refractivity contribution in [2.45, 2.75) is 11.1 Å². The highest BCUT2D eigenvalue weighted by Gasteiger charge is 2.17. The van der Waals surface area contributed by atoms with Crippen LogP contribution in [0.25, 0.3) is 0 Å². The highest BCUT2D eigenvalue weighted by atomic mass is 32.2. The molecular formula is C13H14FN3O4S2. The maximum absolute atomic E-state index is 13.0. The number of nitro groups is 1. The van der Waals surface area contributed by atoms with Gasteiger partial charge < -0.3 is 5.32 Å². The highest BCUT2D eigenvalue weighted by molar-refractivity contribution is 7.91. The van der Waals surface area contributed by atoms with E-state index in [0.717, 1.165) is 28.3 Å². The molecule has 10 heteroatoms. The number of sulfonamides is 1. The largest absolute Gasteiger partial charge is 0.378 e. The molecule has 0 aliphatic carbocycles. The molecule has 0 saturated carbocycles. The van der Waals surface area contributed by atoms with Gasteiger partial charge in [0.25, 0.3) is 5.69 Å². The molecule has 0 aliphatic rings. The van der Waals surface area contributed by atoms with Crippen LogP contribution in [0.4, 0.5) is 15.8 Å². The minimum absolute atomic E-state index is 0.0355. The van der Waals surface area contributed by atoms with Crippen molar-refractivity contribution >= 4 is 32.7 Å². The quantitative estimate of drug-likeness (QED) is 0.449. The maximum atomic E-state index is 13.0. The van der Waals surface area contributed by atoms with E-state index >= 15 is 0 Å². The second kappa shape index (κ2) is 7.02. The Morgan fingerprint density at radius 1 is 1.26 bits per heavy atom. The van der Waals surface area contributed by atoms with E-state index in [1.165, 1.54) is 12.1 Å². The maximum Gasteiger partial charge on any atom is 0.295 e. The van der Waals surface area contributed by atoms with Crippen molar-refractivity contribution < 1.29 is 17.7 Å².